The summed E-state index contributed by atoms with van der Waals surface area (Å²) in [6.45, 7) is 5.50. The molecule has 3 aromatic rings. The number of aryl methyl sites for hydroxylation is 2. The van der Waals surface area contributed by atoms with Crippen molar-refractivity contribution in [2.75, 3.05) is 24.7 Å². The Morgan fingerprint density at radius 1 is 1.03 bits per heavy atom. The summed E-state index contributed by atoms with van der Waals surface area (Å²) in [6, 6.07) is 18.2. The van der Waals surface area contributed by atoms with Crippen LogP contribution in [-0.4, -0.2) is 39.4 Å². The summed E-state index contributed by atoms with van der Waals surface area (Å²) < 4.78 is 1.73. The first-order chi connectivity index (χ1) is 14.1. The Bertz CT molecular complexity index is 1060. The van der Waals surface area contributed by atoms with Crippen molar-refractivity contribution < 1.29 is 5.11 Å². The first-order valence-corrected chi connectivity index (χ1v) is 9.88. The van der Waals surface area contributed by atoms with Crippen molar-refractivity contribution in [1.29, 1.82) is 0 Å². The molecule has 2 heterocycles. The van der Waals surface area contributed by atoms with E-state index in [2.05, 4.69) is 11.0 Å². The van der Waals surface area contributed by atoms with Gasteiger partial charge in [0.1, 0.15) is 0 Å². The van der Waals surface area contributed by atoms with E-state index in [1.165, 1.54) is 0 Å². The lowest BCUT2D eigenvalue weighted by Crippen LogP contribution is -2.48. The van der Waals surface area contributed by atoms with Gasteiger partial charge < -0.3 is 5.11 Å². The van der Waals surface area contributed by atoms with Crippen LogP contribution in [0.25, 0.3) is 0 Å². The second-order valence-corrected chi connectivity index (χ2v) is 7.54. The fourth-order valence-electron chi connectivity index (χ4n) is 3.81. The zero-order valence-electron chi connectivity index (χ0n) is 16.9. The van der Waals surface area contributed by atoms with Gasteiger partial charge in [0, 0.05) is 24.2 Å². The van der Waals surface area contributed by atoms with Gasteiger partial charge in [-0.3, -0.25) is 19.2 Å². The highest BCUT2D eigenvalue weighted by Crippen LogP contribution is 2.28. The van der Waals surface area contributed by atoms with Crippen LogP contribution in [0.4, 0.5) is 11.6 Å². The maximum Gasteiger partial charge on any atom is 0.259 e. The number of nitrogens with zero attached hydrogens (tertiary/aromatic N) is 4. The quantitative estimate of drug-likeness (QED) is 0.726. The molecule has 6 heteroatoms. The van der Waals surface area contributed by atoms with E-state index >= 15 is 0 Å². The molecule has 0 amide bonds. The summed E-state index contributed by atoms with van der Waals surface area (Å²) in [4.78, 5) is 22.4. The zero-order chi connectivity index (χ0) is 20.4. The first-order valence-electron chi connectivity index (χ1n) is 9.88. The third-order valence-corrected chi connectivity index (χ3v) is 5.33. The van der Waals surface area contributed by atoms with Crippen molar-refractivity contribution in [2.45, 2.75) is 26.9 Å². The van der Waals surface area contributed by atoms with Crippen molar-refractivity contribution in [2.24, 2.45) is 0 Å². The van der Waals surface area contributed by atoms with Crippen molar-refractivity contribution in [3.05, 3.63) is 87.3 Å². The minimum atomic E-state index is -0.0170. The standard InChI is InChI=1S/C23H26N4O2/c1-17-7-6-10-20(13-17)26-15-25(11-12-28)16-27-22(29)21(18(2)24-23(26)27)14-19-8-4-3-5-9-19/h3-10,13,28H,11-12,14-16H2,1-2H3. The van der Waals surface area contributed by atoms with Crippen LogP contribution in [0.15, 0.2) is 59.4 Å². The Hall–Kier alpha value is -2.96. The van der Waals surface area contributed by atoms with Gasteiger partial charge in [0.05, 0.1) is 25.6 Å². The first kappa shape index (κ1) is 19.4. The second-order valence-electron chi connectivity index (χ2n) is 7.54. The third-order valence-electron chi connectivity index (χ3n) is 5.33. The van der Waals surface area contributed by atoms with Crippen LogP contribution in [0.5, 0.6) is 0 Å². The Morgan fingerprint density at radius 3 is 2.55 bits per heavy atom. The third kappa shape index (κ3) is 3.95. The van der Waals surface area contributed by atoms with E-state index in [0.29, 0.717) is 32.3 Å². The number of fused-ring (bicyclic) bond motifs is 1. The Kier molecular flexibility index (Phi) is 5.47. The monoisotopic (exact) mass is 390 g/mol. The number of benzene rings is 2. The highest BCUT2D eigenvalue weighted by molar-refractivity contribution is 5.59. The molecule has 0 fully saturated rings. The average molecular weight is 390 g/mol. The maximum atomic E-state index is 13.4. The fraction of sp³-hybridized carbons (Fsp3) is 0.304. The lowest BCUT2D eigenvalue weighted by molar-refractivity contribution is 0.152. The Morgan fingerprint density at radius 2 is 1.83 bits per heavy atom. The number of hydrogen-bond acceptors (Lipinski definition) is 5. The van der Waals surface area contributed by atoms with Crippen LogP contribution < -0.4 is 10.5 Å². The van der Waals surface area contributed by atoms with Crippen LogP contribution in [-0.2, 0) is 13.1 Å². The highest BCUT2D eigenvalue weighted by atomic mass is 16.3. The average Bonchev–Trinajstić information content (AvgIpc) is 2.72. The molecule has 0 atom stereocenters. The lowest BCUT2D eigenvalue weighted by atomic mass is 10.1. The molecule has 150 valence electrons. The molecule has 1 aromatic heterocycles. The topological polar surface area (TPSA) is 61.6 Å². The van der Waals surface area contributed by atoms with E-state index in [0.717, 1.165) is 28.1 Å². The Balaban J connectivity index is 1.81. The van der Waals surface area contributed by atoms with E-state index in [1.54, 1.807) is 4.57 Å². The molecule has 1 aliphatic rings. The summed E-state index contributed by atoms with van der Waals surface area (Å²) >= 11 is 0. The number of aliphatic hydroxyl groups is 1. The zero-order valence-corrected chi connectivity index (χ0v) is 16.9. The lowest BCUT2D eigenvalue weighted by Gasteiger charge is -2.38. The molecule has 2 aromatic carbocycles. The molecule has 1 N–H and O–H groups in total. The molecule has 0 bridgehead atoms. The predicted octanol–water partition coefficient (Wildman–Crippen LogP) is 2.81. The van der Waals surface area contributed by atoms with Gasteiger partial charge in [-0.15, -0.1) is 0 Å². The minimum Gasteiger partial charge on any atom is -0.395 e. The summed E-state index contributed by atoms with van der Waals surface area (Å²) in [5, 5.41) is 9.47. The predicted molar refractivity (Wildman–Crippen MR) is 114 cm³/mol. The number of aliphatic hydroxyl groups excluding tert-OH is 1. The molecule has 4 rings (SSSR count). The Labute approximate surface area is 170 Å². The molecule has 0 spiro atoms. The van der Waals surface area contributed by atoms with Gasteiger partial charge >= 0.3 is 0 Å². The number of hydrogen-bond donors (Lipinski definition) is 1. The van der Waals surface area contributed by atoms with Crippen molar-refractivity contribution in [3.63, 3.8) is 0 Å². The van der Waals surface area contributed by atoms with E-state index in [-0.39, 0.29) is 12.2 Å². The van der Waals surface area contributed by atoms with Gasteiger partial charge in [0.25, 0.3) is 5.56 Å². The number of rotatable bonds is 5. The summed E-state index contributed by atoms with van der Waals surface area (Å²) in [5.74, 6) is 0.657. The van der Waals surface area contributed by atoms with Gasteiger partial charge in [-0.25, -0.2) is 4.98 Å². The largest absolute Gasteiger partial charge is 0.395 e. The SMILES string of the molecule is Cc1cccc(N2CN(CCO)Cn3c2nc(C)c(Cc2ccccc2)c3=O)c1. The number of β-amino-alcohol motifs (C(OH)–C–C–N with tert-alkyl or cyclic N) is 1. The number of aromatic nitrogens is 2. The summed E-state index contributed by atoms with van der Waals surface area (Å²) in [5.41, 5.74) is 4.69. The van der Waals surface area contributed by atoms with Crippen molar-refractivity contribution in [3.8, 4) is 0 Å². The van der Waals surface area contributed by atoms with Crippen LogP contribution in [0, 0.1) is 13.8 Å². The maximum absolute atomic E-state index is 13.4. The second kappa shape index (κ2) is 8.19. The number of anilines is 2. The van der Waals surface area contributed by atoms with Crippen LogP contribution in [0.3, 0.4) is 0 Å². The highest BCUT2D eigenvalue weighted by Gasteiger charge is 2.27. The molecular formula is C23H26N4O2. The molecule has 6 nitrogen and oxygen atoms in total. The molecule has 0 unspecified atom stereocenters. The molecule has 0 saturated heterocycles. The van der Waals surface area contributed by atoms with Crippen LogP contribution >= 0.6 is 0 Å². The molecule has 29 heavy (non-hydrogen) atoms. The van der Waals surface area contributed by atoms with E-state index in [4.69, 9.17) is 4.98 Å². The fourth-order valence-corrected chi connectivity index (χ4v) is 3.81. The smallest absolute Gasteiger partial charge is 0.259 e. The minimum absolute atomic E-state index is 0.0170. The van der Waals surface area contributed by atoms with Crippen LogP contribution in [0.2, 0.25) is 0 Å². The van der Waals surface area contributed by atoms with E-state index < -0.39 is 0 Å². The molecule has 0 radical (unpaired) electrons. The molecule has 0 saturated carbocycles. The summed E-state index contributed by atoms with van der Waals surface area (Å²) in [7, 11) is 0. The van der Waals surface area contributed by atoms with Crippen molar-refractivity contribution in [1.82, 2.24) is 14.5 Å². The van der Waals surface area contributed by atoms with Gasteiger partial charge in [-0.2, -0.15) is 0 Å². The van der Waals surface area contributed by atoms with Gasteiger partial charge in [-0.1, -0.05) is 42.5 Å². The van der Waals surface area contributed by atoms with Crippen LogP contribution in [0.1, 0.15) is 22.4 Å². The molecule has 0 aliphatic carbocycles. The van der Waals surface area contributed by atoms with Gasteiger partial charge in [0.15, 0.2) is 0 Å². The molecule has 1 aliphatic heterocycles. The normalized spacial score (nSPS) is 14.1. The van der Waals surface area contributed by atoms with E-state index in [1.807, 2.05) is 67.3 Å². The van der Waals surface area contributed by atoms with Gasteiger partial charge in [-0.05, 0) is 37.1 Å². The van der Waals surface area contributed by atoms with Gasteiger partial charge in [0.2, 0.25) is 5.95 Å². The van der Waals surface area contributed by atoms with Crippen molar-refractivity contribution >= 4 is 11.6 Å². The molecular weight excluding hydrogens is 364 g/mol. The summed E-state index contributed by atoms with van der Waals surface area (Å²) in [6.07, 6.45) is 0.559. The van der Waals surface area contributed by atoms with E-state index in [9.17, 15) is 9.90 Å².